The largest absolute Gasteiger partial charge is 0.145 e. The molecule has 0 aliphatic heterocycles. The molecule has 0 saturated heterocycles. The van der Waals surface area contributed by atoms with E-state index in [-0.39, 0.29) is 0 Å². The van der Waals surface area contributed by atoms with E-state index in [9.17, 15) is 0 Å². The van der Waals surface area contributed by atoms with Crippen LogP contribution in [0.25, 0.3) is 5.57 Å². The van der Waals surface area contributed by atoms with E-state index in [0.717, 1.165) is 11.8 Å². The van der Waals surface area contributed by atoms with Gasteiger partial charge in [0.2, 0.25) is 0 Å². The van der Waals surface area contributed by atoms with E-state index in [0.29, 0.717) is 5.41 Å². The number of alkyl halides is 1. The van der Waals surface area contributed by atoms with Crippen molar-refractivity contribution in [1.82, 2.24) is 0 Å². The minimum atomic E-state index is 0.455. The fourth-order valence-electron chi connectivity index (χ4n) is 3.86. The summed E-state index contributed by atoms with van der Waals surface area (Å²) < 4.78 is 1.50. The monoisotopic (exact) mass is 404 g/mol. The first-order valence-corrected chi connectivity index (χ1v) is 9.97. The van der Waals surface area contributed by atoms with Crippen LogP contribution in [0.15, 0.2) is 10.5 Å². The van der Waals surface area contributed by atoms with E-state index >= 15 is 0 Å². The summed E-state index contributed by atoms with van der Waals surface area (Å²) >= 11 is 8.77. The third kappa shape index (κ3) is 2.40. The summed E-state index contributed by atoms with van der Waals surface area (Å²) in [5, 5.41) is 0. The molecule has 0 aromatic carbocycles. The molecule has 3 rings (SSSR count). The summed E-state index contributed by atoms with van der Waals surface area (Å²) in [6.45, 7) is 9.36. The first-order valence-electron chi connectivity index (χ1n) is 6.77. The van der Waals surface area contributed by atoms with Crippen LogP contribution in [0, 0.1) is 31.1 Å². The summed E-state index contributed by atoms with van der Waals surface area (Å²) in [6, 6.07) is 2.38. The van der Waals surface area contributed by atoms with Crippen LogP contribution in [0.3, 0.4) is 0 Å². The van der Waals surface area contributed by atoms with Crippen LogP contribution in [0.2, 0.25) is 0 Å². The summed E-state index contributed by atoms with van der Waals surface area (Å²) in [7, 11) is 0. The van der Waals surface area contributed by atoms with E-state index < -0.39 is 0 Å². The quantitative estimate of drug-likeness (QED) is 0.464. The van der Waals surface area contributed by atoms with Gasteiger partial charge in [0.25, 0.3) is 0 Å². The zero-order valence-corrected chi connectivity index (χ0v) is 16.3. The van der Waals surface area contributed by atoms with Gasteiger partial charge in [0.05, 0.1) is 0 Å². The molecule has 2 aliphatic carbocycles. The van der Waals surface area contributed by atoms with Gasteiger partial charge in [0.15, 0.2) is 0 Å². The molecule has 2 aliphatic rings. The average Bonchev–Trinajstić information content (AvgIpc) is 2.90. The minimum absolute atomic E-state index is 0.455. The normalized spacial score (nSPS) is 27.5. The number of allylic oxidation sites excluding steroid dienone is 2. The van der Waals surface area contributed by atoms with Crippen molar-refractivity contribution >= 4 is 48.8 Å². The zero-order chi connectivity index (χ0) is 14.4. The fourth-order valence-corrected chi connectivity index (χ4v) is 6.11. The Labute approximate surface area is 137 Å². The van der Waals surface area contributed by atoms with Crippen LogP contribution in [0.5, 0.6) is 0 Å². The molecular weight excluding hydrogens is 384 g/mol. The maximum absolute atomic E-state index is 3.90. The molecule has 1 aromatic heterocycles. The first kappa shape index (κ1) is 15.8. The lowest BCUT2D eigenvalue weighted by atomic mass is 9.78. The number of thiophene rings is 1. The third-order valence-electron chi connectivity index (χ3n) is 4.78. The number of hydrogen-bond donors (Lipinski definition) is 0. The highest BCUT2D eigenvalue weighted by atomic mass is 79.9. The molecule has 0 N–H and O–H groups in total. The van der Waals surface area contributed by atoms with Crippen molar-refractivity contribution in [3.05, 3.63) is 25.9 Å². The lowest BCUT2D eigenvalue weighted by Gasteiger charge is -2.25. The lowest BCUT2D eigenvalue weighted by molar-refractivity contribution is 0.281. The Hall–Kier alpha value is 0.400. The highest BCUT2D eigenvalue weighted by Crippen LogP contribution is 2.64. The Morgan fingerprint density at radius 2 is 1.74 bits per heavy atom. The highest BCUT2D eigenvalue weighted by Gasteiger charge is 2.52. The van der Waals surface area contributed by atoms with Crippen LogP contribution in [0.4, 0.5) is 0 Å². The molecule has 2 unspecified atom stereocenters. The zero-order valence-electron chi connectivity index (χ0n) is 12.3. The van der Waals surface area contributed by atoms with E-state index in [2.05, 4.69) is 65.6 Å². The maximum atomic E-state index is 3.90. The van der Waals surface area contributed by atoms with Crippen LogP contribution in [-0.4, -0.2) is 5.83 Å². The van der Waals surface area contributed by atoms with Crippen LogP contribution in [0.1, 0.15) is 42.0 Å². The SMILES string of the molecule is CBr.Cc1cc(C2=C(Br)C3CCC2C3(C)C)c(C)s1. The molecule has 2 bridgehead atoms. The summed E-state index contributed by atoms with van der Waals surface area (Å²) in [5.41, 5.74) is 3.59. The molecule has 19 heavy (non-hydrogen) atoms. The van der Waals surface area contributed by atoms with Gasteiger partial charge in [0.1, 0.15) is 0 Å². The number of hydrogen-bond acceptors (Lipinski definition) is 1. The molecule has 1 heterocycles. The van der Waals surface area contributed by atoms with Gasteiger partial charge in [0, 0.05) is 14.2 Å². The Bertz CT molecular complexity index is 511. The van der Waals surface area contributed by atoms with E-state index in [1.54, 1.807) is 5.57 Å². The van der Waals surface area contributed by atoms with Crippen molar-refractivity contribution in [2.45, 2.75) is 40.5 Å². The molecule has 0 spiro atoms. The molecule has 3 heteroatoms. The summed E-state index contributed by atoms with van der Waals surface area (Å²) in [5.74, 6) is 3.32. The number of aryl methyl sites for hydroxylation is 2. The second-order valence-electron chi connectivity index (χ2n) is 6.09. The second kappa shape index (κ2) is 5.65. The van der Waals surface area contributed by atoms with E-state index in [1.807, 2.05) is 17.2 Å². The number of fused-ring (bicyclic) bond motifs is 2. The summed E-state index contributed by atoms with van der Waals surface area (Å²) in [6.07, 6.45) is 2.74. The van der Waals surface area contributed by atoms with Crippen LogP contribution >= 0.6 is 43.2 Å². The van der Waals surface area contributed by atoms with Crippen molar-refractivity contribution < 1.29 is 0 Å². The van der Waals surface area contributed by atoms with Gasteiger partial charge in [-0.25, -0.2) is 0 Å². The van der Waals surface area contributed by atoms with Gasteiger partial charge in [-0.2, -0.15) is 0 Å². The molecule has 0 amide bonds. The second-order valence-corrected chi connectivity index (χ2v) is 8.41. The summed E-state index contributed by atoms with van der Waals surface area (Å²) in [4.78, 5) is 2.92. The molecule has 1 saturated carbocycles. The Morgan fingerprint density at radius 1 is 1.16 bits per heavy atom. The van der Waals surface area contributed by atoms with Gasteiger partial charge in [-0.15, -0.1) is 11.3 Å². The molecule has 0 radical (unpaired) electrons. The number of halogens is 2. The molecular formula is C16H22Br2S. The smallest absolute Gasteiger partial charge is 0.00925 e. The Balaban J connectivity index is 0.000000637. The average molecular weight is 406 g/mol. The van der Waals surface area contributed by atoms with Gasteiger partial charge < -0.3 is 0 Å². The van der Waals surface area contributed by atoms with Crippen molar-refractivity contribution in [3.63, 3.8) is 0 Å². The Kier molecular flexibility index (Phi) is 4.69. The fraction of sp³-hybridized carbons (Fsp3) is 0.625. The lowest BCUT2D eigenvalue weighted by Crippen LogP contribution is -2.19. The topological polar surface area (TPSA) is 0 Å². The van der Waals surface area contributed by atoms with Crippen molar-refractivity contribution in [1.29, 1.82) is 0 Å². The van der Waals surface area contributed by atoms with Gasteiger partial charge in [-0.3, -0.25) is 0 Å². The molecule has 2 atom stereocenters. The van der Waals surface area contributed by atoms with Gasteiger partial charge in [-0.1, -0.05) is 45.7 Å². The highest BCUT2D eigenvalue weighted by molar-refractivity contribution is 9.11. The van der Waals surface area contributed by atoms with Crippen molar-refractivity contribution in [2.75, 3.05) is 5.83 Å². The predicted octanol–water partition coefficient (Wildman–Crippen LogP) is 6.55. The number of rotatable bonds is 1. The van der Waals surface area contributed by atoms with E-state index in [4.69, 9.17) is 0 Å². The molecule has 106 valence electrons. The van der Waals surface area contributed by atoms with Gasteiger partial charge >= 0.3 is 0 Å². The van der Waals surface area contributed by atoms with Crippen LogP contribution < -0.4 is 0 Å². The van der Waals surface area contributed by atoms with E-state index in [1.165, 1.54) is 32.6 Å². The standard InChI is InChI=1S/C15H19BrS.CH3Br/c1-8-7-10(9(2)17-8)13-11-5-6-12(14(13)16)15(11,3)4;1-2/h7,11-12H,5-6H2,1-4H3;1H3. The molecule has 1 aromatic rings. The van der Waals surface area contributed by atoms with Gasteiger partial charge in [-0.05, 0) is 67.0 Å². The first-order chi connectivity index (χ1) is 8.93. The Morgan fingerprint density at radius 3 is 2.16 bits per heavy atom. The van der Waals surface area contributed by atoms with Crippen LogP contribution in [-0.2, 0) is 0 Å². The van der Waals surface area contributed by atoms with Crippen molar-refractivity contribution in [3.8, 4) is 0 Å². The van der Waals surface area contributed by atoms with Crippen molar-refractivity contribution in [2.24, 2.45) is 17.3 Å². The predicted molar refractivity (Wildman–Crippen MR) is 94.5 cm³/mol. The molecule has 1 fully saturated rings. The molecule has 0 nitrogen and oxygen atoms in total. The maximum Gasteiger partial charge on any atom is 0.00925 e. The third-order valence-corrected chi connectivity index (χ3v) is 6.73. The minimum Gasteiger partial charge on any atom is -0.145 e.